The third-order valence-electron chi connectivity index (χ3n) is 5.78. The van der Waals surface area contributed by atoms with Crippen LogP contribution >= 0.6 is 0 Å². The van der Waals surface area contributed by atoms with Crippen LogP contribution < -0.4 is 0 Å². The molecule has 0 fully saturated rings. The molecule has 0 aromatic carbocycles. The minimum absolute atomic E-state index is 0.296. The number of nitrogens with zero attached hydrogens (tertiary/aromatic N) is 3. The molecule has 0 spiro atoms. The number of nitriles is 2. The molecule has 0 heterocycles. The lowest BCUT2D eigenvalue weighted by Crippen LogP contribution is -2.33. The van der Waals surface area contributed by atoms with E-state index in [-0.39, 0.29) is 0 Å². The molecule has 150 valence electrons. The molecule has 2 unspecified atom stereocenters. The quantitative estimate of drug-likeness (QED) is 0.358. The SMILES string of the molecule is CCCCC(C)CN(CC(CC)CCCC)C1=CC(=C(C#N)C#N)CCC1. The minimum atomic E-state index is 0.296. The Balaban J connectivity index is 3.03. The van der Waals surface area contributed by atoms with Crippen LogP contribution in [0.25, 0.3) is 0 Å². The van der Waals surface area contributed by atoms with E-state index in [1.807, 2.05) is 0 Å². The Morgan fingerprint density at radius 2 is 1.70 bits per heavy atom. The van der Waals surface area contributed by atoms with Crippen LogP contribution in [0.1, 0.15) is 91.9 Å². The maximum absolute atomic E-state index is 9.25. The highest BCUT2D eigenvalue weighted by Gasteiger charge is 2.21. The normalized spacial score (nSPS) is 16.1. The van der Waals surface area contributed by atoms with Gasteiger partial charge in [0.15, 0.2) is 0 Å². The first-order valence-corrected chi connectivity index (χ1v) is 11.1. The van der Waals surface area contributed by atoms with Gasteiger partial charge in [-0.25, -0.2) is 0 Å². The first-order chi connectivity index (χ1) is 13.1. The van der Waals surface area contributed by atoms with Crippen molar-refractivity contribution in [2.75, 3.05) is 13.1 Å². The summed E-state index contributed by atoms with van der Waals surface area (Å²) < 4.78 is 0. The van der Waals surface area contributed by atoms with Crippen molar-refractivity contribution in [3.05, 3.63) is 22.9 Å². The lowest BCUT2D eigenvalue weighted by molar-refractivity contribution is 0.224. The fourth-order valence-corrected chi connectivity index (χ4v) is 3.98. The molecule has 1 aliphatic rings. The minimum Gasteiger partial charge on any atom is -0.374 e. The van der Waals surface area contributed by atoms with E-state index >= 15 is 0 Å². The molecule has 0 aliphatic heterocycles. The highest BCUT2D eigenvalue weighted by molar-refractivity contribution is 5.46. The predicted octanol–water partition coefficient (Wildman–Crippen LogP) is 6.74. The van der Waals surface area contributed by atoms with Crippen molar-refractivity contribution >= 4 is 0 Å². The second-order valence-electron chi connectivity index (χ2n) is 8.18. The van der Waals surface area contributed by atoms with Gasteiger partial charge in [-0.2, -0.15) is 10.5 Å². The molecule has 1 rings (SSSR count). The van der Waals surface area contributed by atoms with Crippen LogP contribution in [0.3, 0.4) is 0 Å². The second kappa shape index (κ2) is 13.4. The van der Waals surface area contributed by atoms with Crippen molar-refractivity contribution in [3.63, 3.8) is 0 Å². The molecule has 0 aromatic heterocycles. The van der Waals surface area contributed by atoms with Crippen LogP contribution in [-0.2, 0) is 0 Å². The molecule has 0 saturated carbocycles. The largest absolute Gasteiger partial charge is 0.374 e. The van der Waals surface area contributed by atoms with Gasteiger partial charge in [0.25, 0.3) is 0 Å². The van der Waals surface area contributed by atoms with Crippen LogP contribution in [0.4, 0.5) is 0 Å². The Labute approximate surface area is 167 Å². The van der Waals surface area contributed by atoms with E-state index in [0.717, 1.165) is 43.8 Å². The fraction of sp³-hybridized carbons (Fsp3) is 0.750. The summed E-state index contributed by atoms with van der Waals surface area (Å²) in [6, 6.07) is 4.17. The Bertz CT molecular complexity index is 557. The molecule has 27 heavy (non-hydrogen) atoms. The zero-order valence-electron chi connectivity index (χ0n) is 18.1. The first-order valence-electron chi connectivity index (χ1n) is 11.1. The van der Waals surface area contributed by atoms with Gasteiger partial charge in [-0.05, 0) is 55.6 Å². The van der Waals surface area contributed by atoms with E-state index in [4.69, 9.17) is 0 Å². The zero-order valence-corrected chi connectivity index (χ0v) is 18.1. The summed E-state index contributed by atoms with van der Waals surface area (Å²) in [6.07, 6.45) is 14.0. The lowest BCUT2D eigenvalue weighted by atomic mass is 9.92. The van der Waals surface area contributed by atoms with Gasteiger partial charge in [-0.3, -0.25) is 0 Å². The average Bonchev–Trinajstić information content (AvgIpc) is 2.69. The number of allylic oxidation sites excluding steroid dienone is 4. The van der Waals surface area contributed by atoms with Crippen molar-refractivity contribution in [1.82, 2.24) is 4.90 Å². The molecule has 0 radical (unpaired) electrons. The second-order valence-corrected chi connectivity index (χ2v) is 8.18. The summed E-state index contributed by atoms with van der Waals surface area (Å²) in [7, 11) is 0. The van der Waals surface area contributed by atoms with Gasteiger partial charge in [0.1, 0.15) is 17.7 Å². The Hall–Kier alpha value is -1.74. The fourth-order valence-electron chi connectivity index (χ4n) is 3.98. The molecule has 0 aromatic rings. The maximum Gasteiger partial charge on any atom is 0.132 e. The van der Waals surface area contributed by atoms with Crippen LogP contribution in [0.5, 0.6) is 0 Å². The van der Waals surface area contributed by atoms with Gasteiger partial charge < -0.3 is 4.90 Å². The highest BCUT2D eigenvalue weighted by atomic mass is 15.1. The smallest absolute Gasteiger partial charge is 0.132 e. The van der Waals surface area contributed by atoms with Crippen LogP contribution in [0, 0.1) is 34.5 Å². The Morgan fingerprint density at radius 1 is 1.04 bits per heavy atom. The van der Waals surface area contributed by atoms with Crippen molar-refractivity contribution in [2.45, 2.75) is 91.9 Å². The summed E-state index contributed by atoms with van der Waals surface area (Å²) >= 11 is 0. The number of unbranched alkanes of at least 4 members (excludes halogenated alkanes) is 2. The van der Waals surface area contributed by atoms with Crippen LogP contribution in [-0.4, -0.2) is 18.0 Å². The van der Waals surface area contributed by atoms with E-state index in [1.165, 1.54) is 50.6 Å². The molecule has 0 saturated heterocycles. The summed E-state index contributed by atoms with van der Waals surface area (Å²) in [5.74, 6) is 1.40. The van der Waals surface area contributed by atoms with E-state index in [9.17, 15) is 10.5 Å². The van der Waals surface area contributed by atoms with Crippen LogP contribution in [0.15, 0.2) is 22.9 Å². The Morgan fingerprint density at radius 3 is 2.30 bits per heavy atom. The van der Waals surface area contributed by atoms with E-state index < -0.39 is 0 Å². The summed E-state index contributed by atoms with van der Waals surface area (Å²) in [6.45, 7) is 11.4. The Kier molecular flexibility index (Phi) is 11.6. The molecular formula is C24H39N3. The average molecular weight is 370 g/mol. The molecule has 3 nitrogen and oxygen atoms in total. The molecular weight excluding hydrogens is 330 g/mol. The van der Waals surface area contributed by atoms with Crippen molar-refractivity contribution in [1.29, 1.82) is 10.5 Å². The summed E-state index contributed by atoms with van der Waals surface area (Å²) in [5.41, 5.74) is 2.58. The van der Waals surface area contributed by atoms with E-state index in [1.54, 1.807) is 0 Å². The number of hydrogen-bond acceptors (Lipinski definition) is 3. The summed E-state index contributed by atoms with van der Waals surface area (Å²) in [5, 5.41) is 18.5. The highest BCUT2D eigenvalue weighted by Crippen LogP contribution is 2.29. The van der Waals surface area contributed by atoms with Gasteiger partial charge in [0.05, 0.1) is 0 Å². The van der Waals surface area contributed by atoms with E-state index in [0.29, 0.717) is 11.5 Å². The molecule has 0 amide bonds. The lowest BCUT2D eigenvalue weighted by Gasteiger charge is -2.35. The number of rotatable bonds is 12. The molecule has 2 atom stereocenters. The van der Waals surface area contributed by atoms with Gasteiger partial charge in [0, 0.05) is 18.8 Å². The maximum atomic E-state index is 9.25. The third-order valence-corrected chi connectivity index (χ3v) is 5.78. The molecule has 3 heteroatoms. The molecule has 0 bridgehead atoms. The van der Waals surface area contributed by atoms with Crippen molar-refractivity contribution in [3.8, 4) is 12.1 Å². The number of hydrogen-bond donors (Lipinski definition) is 0. The van der Waals surface area contributed by atoms with Gasteiger partial charge in [-0.15, -0.1) is 0 Å². The first kappa shape index (κ1) is 23.3. The summed E-state index contributed by atoms with van der Waals surface area (Å²) in [4.78, 5) is 2.59. The third kappa shape index (κ3) is 8.21. The monoisotopic (exact) mass is 369 g/mol. The zero-order chi connectivity index (χ0) is 20.1. The van der Waals surface area contributed by atoms with Crippen molar-refractivity contribution in [2.24, 2.45) is 11.8 Å². The topological polar surface area (TPSA) is 50.8 Å². The van der Waals surface area contributed by atoms with E-state index in [2.05, 4.69) is 50.8 Å². The predicted molar refractivity (Wildman–Crippen MR) is 114 cm³/mol. The van der Waals surface area contributed by atoms with Gasteiger partial charge in [-0.1, -0.05) is 59.8 Å². The molecule has 0 N–H and O–H groups in total. The van der Waals surface area contributed by atoms with Gasteiger partial charge in [0.2, 0.25) is 0 Å². The van der Waals surface area contributed by atoms with Crippen LogP contribution in [0.2, 0.25) is 0 Å². The standard InChI is InChI=1S/C24H39N3/c1-5-8-11-20(4)18-27(19-21(7-3)12-9-6-2)24-14-10-13-22(15-24)23(16-25)17-26/h15,20-21H,5-14,18-19H2,1-4H3. The van der Waals surface area contributed by atoms with Crippen molar-refractivity contribution < 1.29 is 0 Å². The van der Waals surface area contributed by atoms with Gasteiger partial charge >= 0.3 is 0 Å². The molecule has 1 aliphatic carbocycles.